The monoisotopic (exact) mass is 372 g/mol. The van der Waals surface area contributed by atoms with Crippen molar-refractivity contribution in [3.63, 3.8) is 0 Å². The van der Waals surface area contributed by atoms with Crippen LogP contribution in [0.4, 0.5) is 4.39 Å². The molecule has 0 spiro atoms. The maximum Gasteiger partial charge on any atom is 0.224 e. The Balaban J connectivity index is 1.55. The molecule has 4 heteroatoms. The van der Waals surface area contributed by atoms with Crippen molar-refractivity contribution in [1.82, 2.24) is 10.3 Å². The molecule has 4 aromatic rings. The van der Waals surface area contributed by atoms with E-state index in [1.807, 2.05) is 42.6 Å². The van der Waals surface area contributed by atoms with E-state index < -0.39 is 0 Å². The lowest BCUT2D eigenvalue weighted by Gasteiger charge is -2.18. The highest BCUT2D eigenvalue weighted by Gasteiger charge is 2.19. The van der Waals surface area contributed by atoms with Gasteiger partial charge in [0.15, 0.2) is 0 Å². The van der Waals surface area contributed by atoms with E-state index in [0.717, 1.165) is 27.6 Å². The third kappa shape index (κ3) is 3.96. The van der Waals surface area contributed by atoms with Crippen molar-refractivity contribution in [2.45, 2.75) is 12.3 Å². The van der Waals surface area contributed by atoms with Crippen LogP contribution in [0.3, 0.4) is 0 Å². The summed E-state index contributed by atoms with van der Waals surface area (Å²) < 4.78 is 13.0. The number of hydrogen-bond donors (Lipinski definition) is 2. The smallest absolute Gasteiger partial charge is 0.224 e. The van der Waals surface area contributed by atoms with Gasteiger partial charge in [0.05, 0.1) is 6.42 Å². The first-order valence-corrected chi connectivity index (χ1v) is 9.33. The molecule has 28 heavy (non-hydrogen) atoms. The van der Waals surface area contributed by atoms with E-state index in [2.05, 4.69) is 28.5 Å². The number of H-pyrrole nitrogens is 1. The van der Waals surface area contributed by atoms with Crippen molar-refractivity contribution in [3.05, 3.63) is 108 Å². The predicted molar refractivity (Wildman–Crippen MR) is 110 cm³/mol. The van der Waals surface area contributed by atoms with Crippen LogP contribution in [0.15, 0.2) is 85.1 Å². The number of rotatable bonds is 6. The highest BCUT2D eigenvalue weighted by Crippen LogP contribution is 2.30. The van der Waals surface area contributed by atoms with Gasteiger partial charge in [0.1, 0.15) is 5.82 Å². The number of amides is 1. The summed E-state index contributed by atoms with van der Waals surface area (Å²) in [7, 11) is 0. The van der Waals surface area contributed by atoms with Crippen molar-refractivity contribution in [2.24, 2.45) is 0 Å². The highest BCUT2D eigenvalue weighted by atomic mass is 19.1. The predicted octanol–water partition coefficient (Wildman–Crippen LogP) is 4.80. The Labute approximate surface area is 163 Å². The van der Waals surface area contributed by atoms with E-state index in [0.29, 0.717) is 6.54 Å². The SMILES string of the molecule is O=C(Cc1ccc(F)cc1)NCC(c1ccccc1)c1c[nH]c2ccccc12. The van der Waals surface area contributed by atoms with E-state index in [-0.39, 0.29) is 24.1 Å². The number of para-hydroxylation sites is 1. The highest BCUT2D eigenvalue weighted by molar-refractivity contribution is 5.84. The Morgan fingerprint density at radius 2 is 1.64 bits per heavy atom. The van der Waals surface area contributed by atoms with Crippen molar-refractivity contribution < 1.29 is 9.18 Å². The molecule has 1 atom stereocenters. The number of benzene rings is 3. The molecule has 3 aromatic carbocycles. The van der Waals surface area contributed by atoms with Crippen LogP contribution in [0, 0.1) is 5.82 Å². The third-order valence-corrected chi connectivity index (χ3v) is 4.98. The summed E-state index contributed by atoms with van der Waals surface area (Å²) in [4.78, 5) is 15.8. The van der Waals surface area contributed by atoms with Crippen LogP contribution in [0.2, 0.25) is 0 Å². The molecule has 140 valence electrons. The molecular weight excluding hydrogens is 351 g/mol. The molecule has 0 radical (unpaired) electrons. The average Bonchev–Trinajstić information content (AvgIpc) is 3.15. The standard InChI is InChI=1S/C24H21FN2O/c25-19-12-10-17(11-13-19)14-24(28)27-15-21(18-6-2-1-3-7-18)22-16-26-23-9-5-4-8-20(22)23/h1-13,16,21,26H,14-15H2,(H,27,28). The fourth-order valence-corrected chi connectivity index (χ4v) is 3.54. The normalized spacial score (nSPS) is 12.0. The topological polar surface area (TPSA) is 44.9 Å². The first-order chi connectivity index (χ1) is 13.7. The molecule has 0 aliphatic carbocycles. The number of nitrogens with one attached hydrogen (secondary N) is 2. The molecule has 0 bridgehead atoms. The first-order valence-electron chi connectivity index (χ1n) is 9.33. The molecule has 1 amide bonds. The number of hydrogen-bond acceptors (Lipinski definition) is 1. The van der Waals surface area contributed by atoms with E-state index >= 15 is 0 Å². The van der Waals surface area contributed by atoms with Gasteiger partial charge in [-0.1, -0.05) is 60.7 Å². The lowest BCUT2D eigenvalue weighted by Crippen LogP contribution is -2.30. The second-order valence-corrected chi connectivity index (χ2v) is 6.86. The number of halogens is 1. The summed E-state index contributed by atoms with van der Waals surface area (Å²) in [5.74, 6) is -0.338. The summed E-state index contributed by atoms with van der Waals surface area (Å²) in [5.41, 5.74) is 4.18. The summed E-state index contributed by atoms with van der Waals surface area (Å²) in [5, 5.41) is 4.21. The van der Waals surface area contributed by atoms with Gasteiger partial charge >= 0.3 is 0 Å². The van der Waals surface area contributed by atoms with Gasteiger partial charge in [-0.2, -0.15) is 0 Å². The summed E-state index contributed by atoms with van der Waals surface area (Å²) >= 11 is 0. The quantitative estimate of drug-likeness (QED) is 0.502. The van der Waals surface area contributed by atoms with E-state index in [9.17, 15) is 9.18 Å². The Morgan fingerprint density at radius 3 is 2.43 bits per heavy atom. The van der Waals surface area contributed by atoms with E-state index in [4.69, 9.17) is 0 Å². The van der Waals surface area contributed by atoms with Gasteiger partial charge in [0.2, 0.25) is 5.91 Å². The van der Waals surface area contributed by atoms with Crippen LogP contribution >= 0.6 is 0 Å². The lowest BCUT2D eigenvalue weighted by atomic mass is 9.91. The molecule has 0 fully saturated rings. The van der Waals surface area contributed by atoms with Crippen molar-refractivity contribution >= 4 is 16.8 Å². The molecule has 0 saturated heterocycles. The van der Waals surface area contributed by atoms with Crippen LogP contribution in [0.5, 0.6) is 0 Å². The first kappa shape index (κ1) is 18.0. The minimum Gasteiger partial charge on any atom is -0.361 e. The zero-order valence-electron chi connectivity index (χ0n) is 15.4. The minimum absolute atomic E-state index is 0.0366. The Bertz CT molecular complexity index is 1070. The Morgan fingerprint density at radius 1 is 0.929 bits per heavy atom. The molecule has 0 aliphatic heterocycles. The van der Waals surface area contributed by atoms with E-state index in [1.165, 1.54) is 12.1 Å². The molecule has 2 N–H and O–H groups in total. The van der Waals surface area contributed by atoms with Crippen molar-refractivity contribution in [1.29, 1.82) is 0 Å². The van der Waals surface area contributed by atoms with Crippen LogP contribution < -0.4 is 5.32 Å². The zero-order valence-corrected chi connectivity index (χ0v) is 15.4. The zero-order chi connectivity index (χ0) is 19.3. The van der Waals surface area contributed by atoms with Gasteiger partial charge in [-0.05, 0) is 34.9 Å². The fraction of sp³-hybridized carbons (Fsp3) is 0.125. The summed E-state index contributed by atoms with van der Waals surface area (Å²) in [6.07, 6.45) is 2.25. The van der Waals surface area contributed by atoms with Crippen molar-refractivity contribution in [2.75, 3.05) is 6.54 Å². The van der Waals surface area contributed by atoms with E-state index in [1.54, 1.807) is 12.1 Å². The van der Waals surface area contributed by atoms with Gasteiger partial charge in [-0.3, -0.25) is 4.79 Å². The van der Waals surface area contributed by atoms with Gasteiger partial charge in [0.25, 0.3) is 0 Å². The van der Waals surface area contributed by atoms with Crippen molar-refractivity contribution in [3.8, 4) is 0 Å². The molecule has 1 aromatic heterocycles. The maximum atomic E-state index is 13.0. The number of aromatic nitrogens is 1. The maximum absolute atomic E-state index is 13.0. The molecule has 1 unspecified atom stereocenters. The summed E-state index contributed by atoms with van der Waals surface area (Å²) in [6, 6.07) is 24.4. The molecule has 3 nitrogen and oxygen atoms in total. The second kappa shape index (κ2) is 8.09. The lowest BCUT2D eigenvalue weighted by molar-refractivity contribution is -0.120. The number of carbonyl (C=O) groups is 1. The van der Waals surface area contributed by atoms with Gasteiger partial charge in [0, 0.05) is 29.6 Å². The molecule has 1 heterocycles. The average molecular weight is 372 g/mol. The fourth-order valence-electron chi connectivity index (χ4n) is 3.54. The van der Waals surface area contributed by atoms with Crippen LogP contribution in [-0.4, -0.2) is 17.4 Å². The van der Waals surface area contributed by atoms with Gasteiger partial charge < -0.3 is 10.3 Å². The van der Waals surface area contributed by atoms with Gasteiger partial charge in [-0.15, -0.1) is 0 Å². The number of aromatic amines is 1. The number of fused-ring (bicyclic) bond motifs is 1. The molecular formula is C24H21FN2O. The Kier molecular flexibility index (Phi) is 5.20. The van der Waals surface area contributed by atoms with Gasteiger partial charge in [-0.25, -0.2) is 4.39 Å². The molecule has 4 rings (SSSR count). The molecule has 0 aliphatic rings. The largest absolute Gasteiger partial charge is 0.361 e. The summed E-state index contributed by atoms with van der Waals surface area (Å²) in [6.45, 7) is 0.492. The number of carbonyl (C=O) groups excluding carboxylic acids is 1. The third-order valence-electron chi connectivity index (χ3n) is 4.98. The Hall–Kier alpha value is -3.40. The minimum atomic E-state index is -0.298. The van der Waals surface area contributed by atoms with Crippen LogP contribution in [-0.2, 0) is 11.2 Å². The van der Waals surface area contributed by atoms with Crippen LogP contribution in [0.25, 0.3) is 10.9 Å². The molecule has 0 saturated carbocycles. The second-order valence-electron chi connectivity index (χ2n) is 6.86. The van der Waals surface area contributed by atoms with Crippen LogP contribution in [0.1, 0.15) is 22.6 Å².